The lowest BCUT2D eigenvalue weighted by Gasteiger charge is -2.27. The molecule has 1 rings (SSSR count). The van der Waals surface area contributed by atoms with Gasteiger partial charge in [0.2, 0.25) is 0 Å². The summed E-state index contributed by atoms with van der Waals surface area (Å²) in [6, 6.07) is 4.77. The number of benzene rings is 1. The molecular weight excluding hydrogens is 339 g/mol. The third-order valence-corrected chi connectivity index (χ3v) is 4.25. The average Bonchev–Trinajstić information content (AvgIpc) is 2.50. The summed E-state index contributed by atoms with van der Waals surface area (Å²) in [5, 5.41) is 0.421. The molecule has 128 valence electrons. The lowest BCUT2D eigenvalue weighted by Crippen LogP contribution is -2.43. The zero-order valence-corrected chi connectivity index (χ0v) is 15.3. The topological polar surface area (TPSA) is 52.6 Å². The average molecular weight is 361 g/mol. The van der Waals surface area contributed by atoms with E-state index < -0.39 is 17.4 Å². The van der Waals surface area contributed by atoms with E-state index in [9.17, 15) is 9.59 Å². The van der Waals surface area contributed by atoms with Gasteiger partial charge in [-0.3, -0.25) is 9.59 Å². The number of hydrogen-bond donors (Lipinski definition) is 0. The third kappa shape index (κ3) is 4.61. The monoisotopic (exact) mass is 360 g/mol. The summed E-state index contributed by atoms with van der Waals surface area (Å²) in [4.78, 5) is 25.1. The molecule has 1 aromatic rings. The maximum Gasteiger partial charge on any atom is 0.328 e. The summed E-state index contributed by atoms with van der Waals surface area (Å²) in [6.45, 7) is 7.59. The van der Waals surface area contributed by atoms with Crippen LogP contribution in [0.15, 0.2) is 18.2 Å². The van der Waals surface area contributed by atoms with Crippen molar-refractivity contribution in [1.82, 2.24) is 0 Å². The van der Waals surface area contributed by atoms with Gasteiger partial charge in [-0.05, 0) is 30.9 Å². The van der Waals surface area contributed by atoms with Crippen LogP contribution in [0.5, 0.6) is 5.75 Å². The Kier molecular flexibility index (Phi) is 7.36. The van der Waals surface area contributed by atoms with Crippen molar-refractivity contribution in [3.8, 4) is 5.75 Å². The van der Waals surface area contributed by atoms with Crippen LogP contribution in [0.25, 0.3) is 0 Å². The normalized spacial score (nSPS) is 11.4. The van der Waals surface area contributed by atoms with Crippen LogP contribution in [-0.2, 0) is 14.3 Å². The quantitative estimate of drug-likeness (QED) is 0.394. The summed E-state index contributed by atoms with van der Waals surface area (Å²) in [5.41, 5.74) is -1.36. The van der Waals surface area contributed by atoms with Gasteiger partial charge in [-0.1, -0.05) is 57.0 Å². The van der Waals surface area contributed by atoms with Crippen LogP contribution in [0, 0.1) is 11.3 Å². The van der Waals surface area contributed by atoms with Crippen LogP contribution in [0.4, 0.5) is 0 Å². The molecule has 0 saturated carbocycles. The molecule has 0 spiro atoms. The van der Waals surface area contributed by atoms with Gasteiger partial charge in [0.25, 0.3) is 0 Å². The van der Waals surface area contributed by atoms with Gasteiger partial charge in [-0.25, -0.2) is 0 Å². The first-order valence-corrected chi connectivity index (χ1v) is 8.37. The minimum Gasteiger partial charge on any atom is -0.465 e. The Bertz CT molecular complexity index is 545. The standard InChI is InChI=1S/C17H22Cl2O4/c1-5-17(6-2,15(20)22-10-11(3)4)16(21)23-14-12(18)8-7-9-13(14)19/h7-9,11H,5-6,10H2,1-4H3. The van der Waals surface area contributed by atoms with Gasteiger partial charge >= 0.3 is 11.9 Å². The summed E-state index contributed by atoms with van der Waals surface area (Å²) < 4.78 is 10.6. The Labute approximate surface area is 147 Å². The first-order chi connectivity index (χ1) is 10.8. The molecule has 0 aliphatic carbocycles. The van der Waals surface area contributed by atoms with Crippen LogP contribution >= 0.6 is 23.2 Å². The van der Waals surface area contributed by atoms with Crippen molar-refractivity contribution in [3.05, 3.63) is 28.2 Å². The molecule has 0 unspecified atom stereocenters. The van der Waals surface area contributed by atoms with Crippen LogP contribution in [-0.4, -0.2) is 18.5 Å². The van der Waals surface area contributed by atoms with E-state index in [-0.39, 0.29) is 41.2 Å². The van der Waals surface area contributed by atoms with Crippen molar-refractivity contribution in [2.24, 2.45) is 11.3 Å². The van der Waals surface area contributed by atoms with E-state index in [4.69, 9.17) is 32.7 Å². The molecule has 0 saturated heterocycles. The molecule has 0 aliphatic rings. The SMILES string of the molecule is CCC(CC)(C(=O)OCC(C)C)C(=O)Oc1c(Cl)cccc1Cl. The van der Waals surface area contributed by atoms with Gasteiger partial charge < -0.3 is 9.47 Å². The van der Waals surface area contributed by atoms with Crippen LogP contribution in [0.2, 0.25) is 10.0 Å². The molecule has 0 radical (unpaired) electrons. The van der Waals surface area contributed by atoms with E-state index in [2.05, 4.69) is 0 Å². The molecule has 0 bridgehead atoms. The molecule has 6 heteroatoms. The van der Waals surface area contributed by atoms with Gasteiger partial charge in [0.15, 0.2) is 11.2 Å². The second-order valence-corrected chi connectivity index (χ2v) is 6.54. The lowest BCUT2D eigenvalue weighted by atomic mass is 9.82. The maximum atomic E-state index is 12.6. The number of hydrogen-bond acceptors (Lipinski definition) is 4. The summed E-state index contributed by atoms with van der Waals surface area (Å²) in [5.74, 6) is -1.04. The predicted octanol–water partition coefficient (Wildman–Crippen LogP) is 4.90. The van der Waals surface area contributed by atoms with Crippen molar-refractivity contribution in [2.45, 2.75) is 40.5 Å². The molecule has 0 atom stereocenters. The van der Waals surface area contributed by atoms with Crippen LogP contribution in [0.1, 0.15) is 40.5 Å². The summed E-state index contributed by atoms with van der Waals surface area (Å²) in [7, 11) is 0. The van der Waals surface area contributed by atoms with Crippen molar-refractivity contribution in [2.75, 3.05) is 6.61 Å². The second kappa shape index (κ2) is 8.55. The Morgan fingerprint density at radius 2 is 1.61 bits per heavy atom. The van der Waals surface area contributed by atoms with Crippen LogP contribution in [0.3, 0.4) is 0 Å². The highest BCUT2D eigenvalue weighted by Gasteiger charge is 2.46. The van der Waals surface area contributed by atoms with Crippen molar-refractivity contribution in [3.63, 3.8) is 0 Å². The Morgan fingerprint density at radius 1 is 1.09 bits per heavy atom. The maximum absolute atomic E-state index is 12.6. The Balaban J connectivity index is 3.04. The van der Waals surface area contributed by atoms with E-state index in [1.807, 2.05) is 13.8 Å². The van der Waals surface area contributed by atoms with E-state index in [0.29, 0.717) is 0 Å². The van der Waals surface area contributed by atoms with Gasteiger partial charge in [0.05, 0.1) is 16.7 Å². The minimum absolute atomic E-state index is 0.0590. The Hall–Kier alpha value is -1.26. The number of carbonyl (C=O) groups excluding carboxylic acids is 2. The van der Waals surface area contributed by atoms with Crippen LogP contribution < -0.4 is 4.74 Å². The fraction of sp³-hybridized carbons (Fsp3) is 0.529. The molecule has 23 heavy (non-hydrogen) atoms. The van der Waals surface area contributed by atoms with E-state index >= 15 is 0 Å². The smallest absolute Gasteiger partial charge is 0.328 e. The third-order valence-electron chi connectivity index (χ3n) is 3.65. The molecule has 1 aromatic carbocycles. The van der Waals surface area contributed by atoms with E-state index in [1.165, 1.54) is 0 Å². The van der Waals surface area contributed by atoms with Gasteiger partial charge in [-0.2, -0.15) is 0 Å². The molecular formula is C17H22Cl2O4. The fourth-order valence-electron chi connectivity index (χ4n) is 2.06. The molecule has 0 N–H and O–H groups in total. The Morgan fingerprint density at radius 3 is 2.04 bits per heavy atom. The zero-order chi connectivity index (χ0) is 17.6. The summed E-state index contributed by atoms with van der Waals surface area (Å²) in [6.07, 6.45) is 0.530. The largest absolute Gasteiger partial charge is 0.465 e. The number of halogens is 2. The molecule has 0 heterocycles. The van der Waals surface area contributed by atoms with E-state index in [0.717, 1.165) is 0 Å². The fourth-order valence-corrected chi connectivity index (χ4v) is 2.54. The highest BCUT2D eigenvalue weighted by Crippen LogP contribution is 2.36. The second-order valence-electron chi connectivity index (χ2n) is 5.72. The number of esters is 2. The molecule has 4 nitrogen and oxygen atoms in total. The lowest BCUT2D eigenvalue weighted by molar-refractivity contribution is -0.168. The van der Waals surface area contributed by atoms with Crippen molar-refractivity contribution in [1.29, 1.82) is 0 Å². The number of para-hydroxylation sites is 1. The van der Waals surface area contributed by atoms with Crippen molar-refractivity contribution < 1.29 is 19.1 Å². The molecule has 0 aromatic heterocycles. The first kappa shape index (κ1) is 19.8. The number of rotatable bonds is 7. The molecule has 0 fully saturated rings. The highest BCUT2D eigenvalue weighted by atomic mass is 35.5. The van der Waals surface area contributed by atoms with Gasteiger partial charge in [0.1, 0.15) is 0 Å². The number of carbonyl (C=O) groups is 2. The minimum atomic E-state index is -1.36. The molecule has 0 amide bonds. The molecule has 0 aliphatic heterocycles. The summed E-state index contributed by atoms with van der Waals surface area (Å²) >= 11 is 12.0. The van der Waals surface area contributed by atoms with E-state index in [1.54, 1.807) is 32.0 Å². The first-order valence-electron chi connectivity index (χ1n) is 7.62. The predicted molar refractivity (Wildman–Crippen MR) is 90.9 cm³/mol. The zero-order valence-electron chi connectivity index (χ0n) is 13.8. The van der Waals surface area contributed by atoms with Gasteiger partial charge in [-0.15, -0.1) is 0 Å². The number of ether oxygens (including phenoxy) is 2. The van der Waals surface area contributed by atoms with Crippen molar-refractivity contribution >= 4 is 35.1 Å². The highest BCUT2D eigenvalue weighted by molar-refractivity contribution is 6.37. The van der Waals surface area contributed by atoms with Gasteiger partial charge in [0, 0.05) is 0 Å².